The molecule has 7 nitrogen and oxygen atoms in total. The van der Waals surface area contributed by atoms with E-state index in [0.29, 0.717) is 12.0 Å². The standard InChI is InChI=1S/C32H43N3O4/c1-2-3-4-5-6-7-8-9-10-11-12-13-14-15-16-17-18-19-20-23-30(36)35-29(32(38)39)24-26-34-31(37)28-22-21-25-33-27-28/h3-4,6-7,9-10,12-13,15-16,18-19,21-22,25,27,29H,2,5,8,11,14,17,20,23-24,26H2,1H3,(H,34,37)(H,35,36)(H,38,39)/b4-3-,7-6-,10-9-,13-12-,16-15-,19-18-. The van der Waals surface area contributed by atoms with E-state index in [4.69, 9.17) is 0 Å². The zero-order valence-corrected chi connectivity index (χ0v) is 23.0. The molecule has 0 saturated heterocycles. The average molecular weight is 534 g/mol. The van der Waals surface area contributed by atoms with Crippen LogP contribution in [-0.2, 0) is 9.59 Å². The molecule has 0 saturated carbocycles. The lowest BCUT2D eigenvalue weighted by molar-refractivity contribution is -0.142. The number of allylic oxidation sites excluding steroid dienone is 12. The quantitative estimate of drug-likeness (QED) is 0.172. The molecule has 7 heteroatoms. The number of rotatable bonds is 20. The summed E-state index contributed by atoms with van der Waals surface area (Å²) in [7, 11) is 0. The molecule has 1 heterocycles. The molecule has 0 aliphatic heterocycles. The molecule has 0 aromatic carbocycles. The number of aromatic nitrogens is 1. The molecule has 0 fully saturated rings. The van der Waals surface area contributed by atoms with Crippen molar-refractivity contribution in [3.05, 3.63) is 103 Å². The summed E-state index contributed by atoms with van der Waals surface area (Å²) in [6, 6.07) is 2.21. The Balaban J connectivity index is 2.12. The van der Waals surface area contributed by atoms with Gasteiger partial charge >= 0.3 is 5.97 Å². The third kappa shape index (κ3) is 18.8. The number of aliphatic carboxylic acids is 1. The number of hydrogen-bond acceptors (Lipinski definition) is 4. The van der Waals surface area contributed by atoms with Crippen molar-refractivity contribution in [3.8, 4) is 0 Å². The van der Waals surface area contributed by atoms with Crippen molar-refractivity contribution >= 4 is 17.8 Å². The van der Waals surface area contributed by atoms with Gasteiger partial charge in [0.1, 0.15) is 6.04 Å². The topological polar surface area (TPSA) is 108 Å². The van der Waals surface area contributed by atoms with Crippen molar-refractivity contribution in [2.75, 3.05) is 6.54 Å². The largest absolute Gasteiger partial charge is 0.480 e. The lowest BCUT2D eigenvalue weighted by Crippen LogP contribution is -2.43. The molecule has 0 aliphatic rings. The van der Waals surface area contributed by atoms with E-state index in [0.717, 1.165) is 38.5 Å². The van der Waals surface area contributed by atoms with E-state index < -0.39 is 12.0 Å². The third-order valence-corrected chi connectivity index (χ3v) is 5.41. The smallest absolute Gasteiger partial charge is 0.326 e. The fraction of sp³-hybridized carbons (Fsp3) is 0.375. The molecule has 0 radical (unpaired) electrons. The lowest BCUT2D eigenvalue weighted by Gasteiger charge is -2.14. The molecule has 39 heavy (non-hydrogen) atoms. The second kappa shape index (κ2) is 23.1. The first-order chi connectivity index (χ1) is 19.0. The van der Waals surface area contributed by atoms with Crippen molar-refractivity contribution in [1.82, 2.24) is 15.6 Å². The van der Waals surface area contributed by atoms with Crippen LogP contribution in [-0.4, -0.2) is 40.5 Å². The Bertz CT molecular complexity index is 1010. The summed E-state index contributed by atoms with van der Waals surface area (Å²) >= 11 is 0. The number of carbonyl (C=O) groups excluding carboxylic acids is 2. The number of nitrogens with zero attached hydrogens (tertiary/aromatic N) is 1. The monoisotopic (exact) mass is 533 g/mol. The van der Waals surface area contributed by atoms with E-state index in [2.05, 4.69) is 83.3 Å². The summed E-state index contributed by atoms with van der Waals surface area (Å²) in [6.07, 6.45) is 34.9. The van der Waals surface area contributed by atoms with Crippen LogP contribution in [0.15, 0.2) is 97.4 Å². The van der Waals surface area contributed by atoms with Gasteiger partial charge in [-0.05, 0) is 63.5 Å². The van der Waals surface area contributed by atoms with Crippen molar-refractivity contribution in [1.29, 1.82) is 0 Å². The summed E-state index contributed by atoms with van der Waals surface area (Å²) in [4.78, 5) is 39.5. The van der Waals surface area contributed by atoms with Gasteiger partial charge in [0.15, 0.2) is 0 Å². The number of carboxylic acid groups (broad SMARTS) is 1. The first-order valence-corrected chi connectivity index (χ1v) is 13.6. The Labute approximate surface area is 233 Å². The van der Waals surface area contributed by atoms with Crippen molar-refractivity contribution in [3.63, 3.8) is 0 Å². The number of nitrogens with one attached hydrogen (secondary N) is 2. The normalized spacial score (nSPS) is 12.9. The predicted molar refractivity (Wildman–Crippen MR) is 158 cm³/mol. The van der Waals surface area contributed by atoms with E-state index >= 15 is 0 Å². The van der Waals surface area contributed by atoms with Crippen LogP contribution in [0.5, 0.6) is 0 Å². The van der Waals surface area contributed by atoms with Crippen LogP contribution in [0.1, 0.15) is 75.1 Å². The SMILES string of the molecule is CC/C=C\C/C=C\C/C=C\C/C=C\C/C=C\C/C=C\CCC(=O)NC(CCNC(=O)c1cccnc1)C(=O)O. The summed E-state index contributed by atoms with van der Waals surface area (Å²) in [5.74, 6) is -1.80. The van der Waals surface area contributed by atoms with Gasteiger partial charge in [-0.2, -0.15) is 0 Å². The van der Waals surface area contributed by atoms with Crippen molar-refractivity contribution < 1.29 is 19.5 Å². The highest BCUT2D eigenvalue weighted by Crippen LogP contribution is 2.00. The van der Waals surface area contributed by atoms with E-state index in [-0.39, 0.29) is 31.2 Å². The molecule has 3 N–H and O–H groups in total. The maximum Gasteiger partial charge on any atom is 0.326 e. The Hall–Kier alpha value is -4.00. The number of hydrogen-bond donors (Lipinski definition) is 3. The third-order valence-electron chi connectivity index (χ3n) is 5.41. The van der Waals surface area contributed by atoms with Crippen LogP contribution in [0, 0.1) is 0 Å². The Kier molecular flexibility index (Phi) is 19.6. The summed E-state index contributed by atoms with van der Waals surface area (Å²) in [5.41, 5.74) is 0.393. The highest BCUT2D eigenvalue weighted by atomic mass is 16.4. The van der Waals surface area contributed by atoms with Gasteiger partial charge in [0.05, 0.1) is 5.56 Å². The lowest BCUT2D eigenvalue weighted by atomic mass is 10.1. The van der Waals surface area contributed by atoms with Crippen LogP contribution in [0.2, 0.25) is 0 Å². The van der Waals surface area contributed by atoms with Gasteiger partial charge in [-0.15, -0.1) is 0 Å². The summed E-state index contributed by atoms with van der Waals surface area (Å²) in [6.45, 7) is 2.26. The minimum Gasteiger partial charge on any atom is -0.480 e. The highest BCUT2D eigenvalue weighted by molar-refractivity contribution is 5.93. The van der Waals surface area contributed by atoms with E-state index in [9.17, 15) is 19.5 Å². The molecule has 210 valence electrons. The molecule has 1 atom stereocenters. The molecule has 1 unspecified atom stereocenters. The van der Waals surface area contributed by atoms with E-state index in [1.807, 2.05) is 12.2 Å². The van der Waals surface area contributed by atoms with Crippen LogP contribution in [0.4, 0.5) is 0 Å². The predicted octanol–water partition coefficient (Wildman–Crippen LogP) is 6.25. The summed E-state index contributed by atoms with van der Waals surface area (Å²) in [5, 5.41) is 14.5. The zero-order chi connectivity index (χ0) is 28.4. The van der Waals surface area contributed by atoms with Gasteiger partial charge in [0.2, 0.25) is 5.91 Å². The number of pyridine rings is 1. The molecule has 2 amide bonds. The van der Waals surface area contributed by atoms with Gasteiger partial charge in [-0.1, -0.05) is 79.8 Å². The molecular weight excluding hydrogens is 490 g/mol. The molecular formula is C32H43N3O4. The van der Waals surface area contributed by atoms with Crippen LogP contribution < -0.4 is 10.6 Å². The number of carboxylic acids is 1. The second-order valence-corrected chi connectivity index (χ2v) is 8.70. The van der Waals surface area contributed by atoms with Crippen LogP contribution in [0.25, 0.3) is 0 Å². The van der Waals surface area contributed by atoms with Gasteiger partial charge in [0.25, 0.3) is 5.91 Å². The molecule has 0 bridgehead atoms. The van der Waals surface area contributed by atoms with Gasteiger partial charge in [-0.25, -0.2) is 4.79 Å². The van der Waals surface area contributed by atoms with Gasteiger partial charge in [0, 0.05) is 25.4 Å². The van der Waals surface area contributed by atoms with Gasteiger partial charge < -0.3 is 15.7 Å². The minimum atomic E-state index is -1.13. The second-order valence-electron chi connectivity index (χ2n) is 8.70. The van der Waals surface area contributed by atoms with E-state index in [1.54, 1.807) is 18.3 Å². The Morgan fingerprint density at radius 1 is 0.846 bits per heavy atom. The number of amides is 2. The Morgan fingerprint density at radius 2 is 1.38 bits per heavy atom. The maximum absolute atomic E-state index is 12.1. The first kappa shape index (κ1) is 33.0. The average Bonchev–Trinajstić information content (AvgIpc) is 2.94. The minimum absolute atomic E-state index is 0.0903. The van der Waals surface area contributed by atoms with E-state index in [1.165, 1.54) is 6.20 Å². The fourth-order valence-corrected chi connectivity index (χ4v) is 3.31. The highest BCUT2D eigenvalue weighted by Gasteiger charge is 2.19. The fourth-order valence-electron chi connectivity index (χ4n) is 3.31. The maximum atomic E-state index is 12.1. The first-order valence-electron chi connectivity index (χ1n) is 13.6. The van der Waals surface area contributed by atoms with Crippen LogP contribution in [0.3, 0.4) is 0 Å². The molecule has 1 aromatic rings. The molecule has 1 aromatic heterocycles. The zero-order valence-electron chi connectivity index (χ0n) is 23.0. The molecule has 0 aliphatic carbocycles. The molecule has 0 spiro atoms. The summed E-state index contributed by atoms with van der Waals surface area (Å²) < 4.78 is 0. The van der Waals surface area contributed by atoms with Crippen molar-refractivity contribution in [2.45, 2.75) is 70.8 Å². The van der Waals surface area contributed by atoms with Crippen LogP contribution >= 0.6 is 0 Å². The van der Waals surface area contributed by atoms with Crippen molar-refractivity contribution in [2.24, 2.45) is 0 Å². The molecule has 1 rings (SSSR count). The Morgan fingerprint density at radius 3 is 1.87 bits per heavy atom. The number of carbonyl (C=O) groups is 3. The van der Waals surface area contributed by atoms with Gasteiger partial charge in [-0.3, -0.25) is 14.6 Å².